The van der Waals surface area contributed by atoms with Crippen molar-refractivity contribution in [1.29, 1.82) is 5.26 Å². The highest BCUT2D eigenvalue weighted by Gasteiger charge is 2.22. The molecule has 0 amide bonds. The third-order valence-electron chi connectivity index (χ3n) is 1.85. The van der Waals surface area contributed by atoms with Gasteiger partial charge in [0.2, 0.25) is 0 Å². The second-order valence-corrected chi connectivity index (χ2v) is 6.80. The normalized spacial score (nSPS) is 11.4. The predicted octanol–water partition coefficient (Wildman–Crippen LogP) is 1.82. The maximum Gasteiger partial charge on any atom is 0.252 e. The number of nitrogens with zero attached hydrogens (tertiary/aromatic N) is 2. The van der Waals surface area contributed by atoms with Crippen LogP contribution in [0.2, 0.25) is 0 Å². The van der Waals surface area contributed by atoms with Crippen molar-refractivity contribution < 1.29 is 8.42 Å². The number of thiophene rings is 1. The molecular weight excluding hydrogens is 244 g/mol. The van der Waals surface area contributed by atoms with Gasteiger partial charge in [-0.05, 0) is 19.1 Å². The lowest BCUT2D eigenvalue weighted by atomic mass is 10.4. The fourth-order valence-electron chi connectivity index (χ4n) is 1.14. The van der Waals surface area contributed by atoms with Gasteiger partial charge in [0.05, 0.1) is 0 Å². The van der Waals surface area contributed by atoms with Crippen LogP contribution >= 0.6 is 11.3 Å². The molecule has 4 nitrogen and oxygen atoms in total. The third kappa shape index (κ3) is 2.70. The smallest absolute Gasteiger partial charge is 0.206 e. The van der Waals surface area contributed by atoms with Gasteiger partial charge in [-0.1, -0.05) is 12.2 Å². The van der Waals surface area contributed by atoms with E-state index in [0.717, 1.165) is 16.9 Å². The zero-order chi connectivity index (χ0) is 12.3. The summed E-state index contributed by atoms with van der Waals surface area (Å²) in [6.07, 6.45) is 0. The molecule has 86 valence electrons. The molecule has 1 rings (SSSR count). The summed E-state index contributed by atoms with van der Waals surface area (Å²) in [7, 11) is -1.99. The van der Waals surface area contributed by atoms with Crippen molar-refractivity contribution in [2.75, 3.05) is 13.6 Å². The molecule has 0 aliphatic heterocycles. The summed E-state index contributed by atoms with van der Waals surface area (Å²) in [4.78, 5) is 0.391. The van der Waals surface area contributed by atoms with E-state index in [9.17, 15) is 8.42 Å². The molecule has 0 atom stereocenters. The van der Waals surface area contributed by atoms with E-state index in [1.165, 1.54) is 23.5 Å². The van der Waals surface area contributed by atoms with E-state index in [0.29, 0.717) is 4.88 Å². The molecule has 0 radical (unpaired) electrons. The Morgan fingerprint density at radius 1 is 1.62 bits per heavy atom. The maximum absolute atomic E-state index is 12.0. The second-order valence-electron chi connectivity index (χ2n) is 3.45. The van der Waals surface area contributed by atoms with Crippen LogP contribution in [0.4, 0.5) is 0 Å². The van der Waals surface area contributed by atoms with Gasteiger partial charge in [-0.25, -0.2) is 8.42 Å². The third-order valence-corrected chi connectivity index (χ3v) is 5.11. The van der Waals surface area contributed by atoms with Crippen molar-refractivity contribution in [3.63, 3.8) is 0 Å². The van der Waals surface area contributed by atoms with Crippen LogP contribution in [0.5, 0.6) is 0 Å². The van der Waals surface area contributed by atoms with Crippen molar-refractivity contribution in [2.45, 2.75) is 11.1 Å². The molecule has 0 saturated carbocycles. The Hall–Kier alpha value is -1.16. The molecule has 0 N–H and O–H groups in total. The SMILES string of the molecule is C=C(C)CN(C)S(=O)(=O)c1ccc(C#N)s1. The summed E-state index contributed by atoms with van der Waals surface area (Å²) in [5, 5.41) is 8.64. The Morgan fingerprint density at radius 2 is 2.25 bits per heavy atom. The molecule has 0 bridgehead atoms. The Bertz CT molecular complexity index is 537. The first-order valence-electron chi connectivity index (χ1n) is 4.48. The Morgan fingerprint density at radius 3 is 2.69 bits per heavy atom. The zero-order valence-electron chi connectivity index (χ0n) is 9.10. The van der Waals surface area contributed by atoms with Crippen LogP contribution in [0.1, 0.15) is 11.8 Å². The van der Waals surface area contributed by atoms with E-state index in [-0.39, 0.29) is 10.8 Å². The summed E-state index contributed by atoms with van der Waals surface area (Å²) >= 11 is 0.975. The van der Waals surface area contributed by atoms with Crippen molar-refractivity contribution >= 4 is 21.4 Å². The molecule has 0 saturated heterocycles. The minimum absolute atomic E-state index is 0.188. The minimum atomic E-state index is -3.48. The van der Waals surface area contributed by atoms with Gasteiger partial charge in [-0.2, -0.15) is 9.57 Å². The first-order chi connectivity index (χ1) is 7.37. The quantitative estimate of drug-likeness (QED) is 0.772. The number of nitriles is 1. The number of hydrogen-bond donors (Lipinski definition) is 0. The van der Waals surface area contributed by atoms with E-state index in [1.54, 1.807) is 6.92 Å². The first-order valence-corrected chi connectivity index (χ1v) is 6.74. The summed E-state index contributed by atoms with van der Waals surface area (Å²) < 4.78 is 25.4. The van der Waals surface area contributed by atoms with Gasteiger partial charge in [0.15, 0.2) is 0 Å². The molecule has 6 heteroatoms. The molecule has 0 aliphatic carbocycles. The van der Waals surface area contributed by atoms with Gasteiger partial charge in [-0.15, -0.1) is 11.3 Å². The van der Waals surface area contributed by atoms with E-state index >= 15 is 0 Å². The van der Waals surface area contributed by atoms with Gasteiger partial charge < -0.3 is 0 Å². The first kappa shape index (κ1) is 12.9. The number of likely N-dealkylation sites (N-methyl/N-ethyl adjacent to an activating group) is 1. The standard InChI is InChI=1S/C10H12N2O2S2/c1-8(2)7-12(3)16(13,14)10-5-4-9(6-11)15-10/h4-5H,1,7H2,2-3H3. The van der Waals surface area contributed by atoms with Crippen LogP contribution in [0.3, 0.4) is 0 Å². The predicted molar refractivity (Wildman–Crippen MR) is 63.7 cm³/mol. The van der Waals surface area contributed by atoms with Crippen molar-refractivity contribution in [3.05, 3.63) is 29.2 Å². The molecular formula is C10H12N2O2S2. The fraction of sp³-hybridized carbons (Fsp3) is 0.300. The Kier molecular flexibility index (Phi) is 3.86. The summed E-state index contributed by atoms with van der Waals surface area (Å²) in [5.41, 5.74) is 0.767. The molecule has 16 heavy (non-hydrogen) atoms. The Labute approximate surface area is 99.5 Å². The topological polar surface area (TPSA) is 61.2 Å². The highest BCUT2D eigenvalue weighted by molar-refractivity contribution is 7.91. The molecule has 0 unspecified atom stereocenters. The van der Waals surface area contributed by atoms with Gasteiger partial charge in [0, 0.05) is 13.6 Å². The van der Waals surface area contributed by atoms with Crippen LogP contribution in [0.25, 0.3) is 0 Å². The molecule has 0 spiro atoms. The molecule has 0 fully saturated rings. The zero-order valence-corrected chi connectivity index (χ0v) is 10.7. The average molecular weight is 256 g/mol. The van der Waals surface area contributed by atoms with Crippen LogP contribution in [-0.2, 0) is 10.0 Å². The van der Waals surface area contributed by atoms with Crippen molar-refractivity contribution in [2.24, 2.45) is 0 Å². The van der Waals surface area contributed by atoms with E-state index in [1.807, 2.05) is 6.07 Å². The van der Waals surface area contributed by atoms with E-state index in [2.05, 4.69) is 6.58 Å². The summed E-state index contributed by atoms with van der Waals surface area (Å²) in [6.45, 7) is 5.71. The van der Waals surface area contributed by atoms with Gasteiger partial charge in [0.25, 0.3) is 10.0 Å². The van der Waals surface area contributed by atoms with Crippen LogP contribution in [-0.4, -0.2) is 26.3 Å². The van der Waals surface area contributed by atoms with Crippen LogP contribution in [0, 0.1) is 11.3 Å². The lowest BCUT2D eigenvalue weighted by Gasteiger charge is -2.15. The molecule has 1 aromatic rings. The summed E-state index contributed by atoms with van der Waals surface area (Å²) in [6, 6.07) is 4.88. The Balaban J connectivity index is 3.03. The largest absolute Gasteiger partial charge is 0.252 e. The monoisotopic (exact) mass is 256 g/mol. The molecule has 0 aromatic carbocycles. The highest BCUT2D eigenvalue weighted by atomic mass is 32.2. The number of hydrogen-bond acceptors (Lipinski definition) is 4. The van der Waals surface area contributed by atoms with Crippen molar-refractivity contribution in [3.8, 4) is 6.07 Å². The molecule has 1 heterocycles. The van der Waals surface area contributed by atoms with E-state index in [4.69, 9.17) is 5.26 Å². The lowest BCUT2D eigenvalue weighted by Crippen LogP contribution is -2.27. The summed E-state index contributed by atoms with van der Waals surface area (Å²) in [5.74, 6) is 0. The lowest BCUT2D eigenvalue weighted by molar-refractivity contribution is 0.495. The van der Waals surface area contributed by atoms with Gasteiger partial charge in [-0.3, -0.25) is 0 Å². The van der Waals surface area contributed by atoms with Gasteiger partial charge in [0.1, 0.15) is 15.2 Å². The minimum Gasteiger partial charge on any atom is -0.206 e. The van der Waals surface area contributed by atoms with Crippen LogP contribution in [0.15, 0.2) is 28.5 Å². The van der Waals surface area contributed by atoms with E-state index < -0.39 is 10.0 Å². The number of rotatable bonds is 4. The average Bonchev–Trinajstić information content (AvgIpc) is 2.65. The highest BCUT2D eigenvalue weighted by Crippen LogP contribution is 2.23. The van der Waals surface area contributed by atoms with Crippen molar-refractivity contribution in [1.82, 2.24) is 4.31 Å². The van der Waals surface area contributed by atoms with Gasteiger partial charge >= 0.3 is 0 Å². The maximum atomic E-state index is 12.0. The number of sulfonamides is 1. The molecule has 0 aliphatic rings. The molecule has 1 aromatic heterocycles. The fourth-order valence-corrected chi connectivity index (χ4v) is 3.68. The second kappa shape index (κ2) is 4.78. The van der Waals surface area contributed by atoms with Crippen LogP contribution < -0.4 is 0 Å².